The number of fused-ring (bicyclic) bond motifs is 4. The summed E-state index contributed by atoms with van der Waals surface area (Å²) in [5.74, 6) is 0.496. The fourth-order valence-corrected chi connectivity index (χ4v) is 7.74. The maximum Gasteiger partial charge on any atom is 0.0449 e. The summed E-state index contributed by atoms with van der Waals surface area (Å²) in [5.41, 5.74) is 10.2. The molecule has 0 spiro atoms. The van der Waals surface area contributed by atoms with Crippen molar-refractivity contribution in [2.75, 3.05) is 0 Å². The van der Waals surface area contributed by atoms with Crippen LogP contribution in [0.25, 0.3) is 31.8 Å². The number of benzene rings is 2. The Bertz CT molecular complexity index is 1520. The molecule has 1 atom stereocenters. The molecule has 0 fully saturated rings. The standard InChI is InChI=1S/C32H24S2/c1-2-7-21(8-3-1)29-15-17-31(33-29)32-18-16-30(34-32)27-12-6-11-25-26(27)14-13-24-19-22-9-4-5-10-23(22)20-28(24)25/h1-5,7-11,13-19,28H,6,12,20H2. The first-order valence-corrected chi connectivity index (χ1v) is 13.6. The Labute approximate surface area is 208 Å². The highest BCUT2D eigenvalue weighted by Crippen LogP contribution is 2.47. The van der Waals surface area contributed by atoms with Gasteiger partial charge in [0.25, 0.3) is 0 Å². The SMILES string of the molecule is C1=CC2=C(c3ccc(-c4ccc(-c5ccccc5)s4)s3)CCC=C2C2Cc3ccccc3C=C12. The van der Waals surface area contributed by atoms with E-state index < -0.39 is 0 Å². The van der Waals surface area contributed by atoms with Crippen LogP contribution in [0, 0.1) is 5.92 Å². The molecule has 2 aromatic heterocycles. The van der Waals surface area contributed by atoms with E-state index in [0.29, 0.717) is 5.92 Å². The fourth-order valence-electron chi connectivity index (χ4n) is 5.55. The second kappa shape index (κ2) is 8.23. The van der Waals surface area contributed by atoms with Crippen molar-refractivity contribution in [3.05, 3.63) is 130 Å². The molecular weight excluding hydrogens is 448 g/mol. The van der Waals surface area contributed by atoms with Gasteiger partial charge < -0.3 is 0 Å². The molecule has 4 aromatic rings. The second-order valence-electron chi connectivity index (χ2n) is 9.22. The smallest absolute Gasteiger partial charge is 0.0449 e. The Balaban J connectivity index is 1.23. The van der Waals surface area contributed by atoms with Crippen molar-refractivity contribution >= 4 is 34.3 Å². The van der Waals surface area contributed by atoms with Crippen LogP contribution in [0.4, 0.5) is 0 Å². The molecule has 0 nitrogen and oxygen atoms in total. The average molecular weight is 473 g/mol. The van der Waals surface area contributed by atoms with Crippen LogP contribution >= 0.6 is 22.7 Å². The van der Waals surface area contributed by atoms with Gasteiger partial charge in [-0.2, -0.15) is 0 Å². The molecule has 0 saturated heterocycles. The average Bonchev–Trinajstić information content (AvgIpc) is 3.58. The summed E-state index contributed by atoms with van der Waals surface area (Å²) in [4.78, 5) is 5.50. The van der Waals surface area contributed by atoms with Crippen LogP contribution in [-0.4, -0.2) is 0 Å². The monoisotopic (exact) mass is 472 g/mol. The third kappa shape index (κ3) is 3.41. The van der Waals surface area contributed by atoms with Gasteiger partial charge in [-0.3, -0.25) is 0 Å². The second-order valence-corrected chi connectivity index (χ2v) is 11.4. The number of thiophene rings is 2. The van der Waals surface area contributed by atoms with Crippen molar-refractivity contribution in [3.63, 3.8) is 0 Å². The van der Waals surface area contributed by atoms with E-state index in [2.05, 4.69) is 103 Å². The van der Waals surface area contributed by atoms with E-state index in [4.69, 9.17) is 0 Å². The van der Waals surface area contributed by atoms with Gasteiger partial charge in [0.1, 0.15) is 0 Å². The van der Waals surface area contributed by atoms with Gasteiger partial charge in [0.05, 0.1) is 0 Å². The third-order valence-corrected chi connectivity index (χ3v) is 9.70. The Morgan fingerprint density at radius 1 is 0.676 bits per heavy atom. The largest absolute Gasteiger partial charge is 0.135 e. The van der Waals surface area contributed by atoms with Crippen LogP contribution in [0.3, 0.4) is 0 Å². The van der Waals surface area contributed by atoms with Crippen LogP contribution in [-0.2, 0) is 6.42 Å². The molecular formula is C32H24S2. The Kier molecular flexibility index (Phi) is 4.89. The molecule has 1 unspecified atom stereocenters. The summed E-state index contributed by atoms with van der Waals surface area (Å²) in [6.45, 7) is 0. The molecule has 0 amide bonds. The Morgan fingerprint density at radius 3 is 2.29 bits per heavy atom. The first kappa shape index (κ1) is 20.2. The highest BCUT2D eigenvalue weighted by atomic mass is 32.1. The fraction of sp³-hybridized carbons (Fsp3) is 0.125. The van der Waals surface area contributed by atoms with Gasteiger partial charge in [0.15, 0.2) is 0 Å². The van der Waals surface area contributed by atoms with Gasteiger partial charge >= 0.3 is 0 Å². The Hall–Kier alpha value is -3.20. The molecule has 3 aliphatic carbocycles. The molecule has 2 aromatic carbocycles. The highest BCUT2D eigenvalue weighted by Gasteiger charge is 2.30. The van der Waals surface area contributed by atoms with Gasteiger partial charge in [-0.1, -0.05) is 78.9 Å². The maximum atomic E-state index is 2.51. The molecule has 2 heteroatoms. The molecule has 34 heavy (non-hydrogen) atoms. The lowest BCUT2D eigenvalue weighted by atomic mass is 9.71. The molecule has 2 heterocycles. The first-order valence-electron chi connectivity index (χ1n) is 12.0. The van der Waals surface area contributed by atoms with E-state index in [1.807, 2.05) is 22.7 Å². The molecule has 0 bridgehead atoms. The minimum absolute atomic E-state index is 0.496. The summed E-state index contributed by atoms with van der Waals surface area (Å²) in [5, 5.41) is 0. The van der Waals surface area contributed by atoms with Crippen LogP contribution in [0.2, 0.25) is 0 Å². The predicted molar refractivity (Wildman–Crippen MR) is 148 cm³/mol. The van der Waals surface area contributed by atoms with Gasteiger partial charge in [-0.15, -0.1) is 22.7 Å². The third-order valence-electron chi connectivity index (χ3n) is 7.23. The zero-order valence-corrected chi connectivity index (χ0v) is 20.5. The van der Waals surface area contributed by atoms with E-state index in [-0.39, 0.29) is 0 Å². The Morgan fingerprint density at radius 2 is 1.41 bits per heavy atom. The van der Waals surface area contributed by atoms with Crippen molar-refractivity contribution in [3.8, 4) is 20.2 Å². The van der Waals surface area contributed by atoms with E-state index in [0.717, 1.165) is 19.3 Å². The molecule has 164 valence electrons. The minimum atomic E-state index is 0.496. The number of allylic oxidation sites excluding steroid dienone is 7. The summed E-state index contributed by atoms with van der Waals surface area (Å²) in [6, 6.07) is 28.8. The first-order chi connectivity index (χ1) is 16.8. The van der Waals surface area contributed by atoms with Crippen LogP contribution < -0.4 is 0 Å². The summed E-state index contributed by atoms with van der Waals surface area (Å²) in [7, 11) is 0. The van der Waals surface area contributed by atoms with E-state index in [1.54, 1.807) is 5.57 Å². The number of hydrogen-bond donors (Lipinski definition) is 0. The van der Waals surface area contributed by atoms with Crippen molar-refractivity contribution in [2.24, 2.45) is 5.92 Å². The van der Waals surface area contributed by atoms with Gasteiger partial charge in [-0.25, -0.2) is 0 Å². The van der Waals surface area contributed by atoms with Crippen molar-refractivity contribution < 1.29 is 0 Å². The molecule has 0 N–H and O–H groups in total. The van der Waals surface area contributed by atoms with Gasteiger partial charge in [0, 0.05) is 25.4 Å². The van der Waals surface area contributed by atoms with E-state index in [9.17, 15) is 0 Å². The van der Waals surface area contributed by atoms with Crippen molar-refractivity contribution in [1.82, 2.24) is 0 Å². The van der Waals surface area contributed by atoms with Crippen LogP contribution in [0.1, 0.15) is 28.8 Å². The topological polar surface area (TPSA) is 0 Å². The molecule has 0 radical (unpaired) electrons. The van der Waals surface area contributed by atoms with Gasteiger partial charge in [0.2, 0.25) is 0 Å². The molecule has 0 aliphatic heterocycles. The zero-order valence-electron chi connectivity index (χ0n) is 18.8. The van der Waals surface area contributed by atoms with E-state index in [1.165, 1.54) is 52.9 Å². The summed E-state index contributed by atoms with van der Waals surface area (Å²) < 4.78 is 0. The number of rotatable bonds is 3. The predicted octanol–water partition coefficient (Wildman–Crippen LogP) is 9.44. The highest BCUT2D eigenvalue weighted by molar-refractivity contribution is 7.24. The lowest BCUT2D eigenvalue weighted by Crippen LogP contribution is -2.20. The van der Waals surface area contributed by atoms with Crippen molar-refractivity contribution in [1.29, 1.82) is 0 Å². The molecule has 0 saturated carbocycles. The lowest BCUT2D eigenvalue weighted by Gasteiger charge is -2.34. The normalized spacial score (nSPS) is 18.6. The maximum absolute atomic E-state index is 2.51. The van der Waals surface area contributed by atoms with Crippen LogP contribution in [0.15, 0.2) is 114 Å². The quantitative estimate of drug-likeness (QED) is 0.278. The summed E-state index contributed by atoms with van der Waals surface area (Å²) in [6.07, 6.45) is 13.0. The van der Waals surface area contributed by atoms with Crippen LogP contribution in [0.5, 0.6) is 0 Å². The molecule has 7 rings (SSSR count). The molecule has 3 aliphatic rings. The summed E-state index contributed by atoms with van der Waals surface area (Å²) >= 11 is 3.84. The zero-order chi connectivity index (χ0) is 22.5. The lowest BCUT2D eigenvalue weighted by molar-refractivity contribution is 0.708. The van der Waals surface area contributed by atoms with E-state index >= 15 is 0 Å². The van der Waals surface area contributed by atoms with Crippen molar-refractivity contribution in [2.45, 2.75) is 19.3 Å². The number of hydrogen-bond acceptors (Lipinski definition) is 2. The van der Waals surface area contributed by atoms with Gasteiger partial charge in [-0.05, 0) is 82.5 Å². The minimum Gasteiger partial charge on any atom is -0.135 e.